The van der Waals surface area contributed by atoms with Crippen LogP contribution in [0.1, 0.15) is 39.0 Å². The number of hydrogen-bond acceptors (Lipinski definition) is 2. The second-order valence-corrected chi connectivity index (χ2v) is 5.54. The van der Waals surface area contributed by atoms with E-state index >= 15 is 0 Å². The van der Waals surface area contributed by atoms with Gasteiger partial charge in [0, 0.05) is 31.6 Å². The Morgan fingerprint density at radius 3 is 2.94 bits per heavy atom. The molecule has 98 valence electrons. The molecule has 0 aromatic rings. The Morgan fingerprint density at radius 2 is 2.24 bits per heavy atom. The molecular formula is C13H25N3O. The van der Waals surface area contributed by atoms with Crippen molar-refractivity contribution >= 4 is 6.03 Å². The predicted octanol–water partition coefficient (Wildman–Crippen LogP) is 1.57. The monoisotopic (exact) mass is 239 g/mol. The summed E-state index contributed by atoms with van der Waals surface area (Å²) in [5.74, 6) is 0. The van der Waals surface area contributed by atoms with Crippen molar-refractivity contribution in [2.45, 2.75) is 39.0 Å². The van der Waals surface area contributed by atoms with E-state index in [2.05, 4.69) is 17.6 Å². The molecule has 2 aliphatic rings. The van der Waals surface area contributed by atoms with Crippen LogP contribution in [0.15, 0.2) is 0 Å². The number of nitrogens with one attached hydrogen (secondary N) is 2. The summed E-state index contributed by atoms with van der Waals surface area (Å²) < 4.78 is 0. The molecule has 0 aliphatic carbocycles. The number of amides is 2. The van der Waals surface area contributed by atoms with Crippen molar-refractivity contribution in [2.24, 2.45) is 5.41 Å². The maximum absolute atomic E-state index is 12.0. The van der Waals surface area contributed by atoms with Gasteiger partial charge in [-0.2, -0.15) is 0 Å². The topological polar surface area (TPSA) is 44.4 Å². The van der Waals surface area contributed by atoms with Gasteiger partial charge in [0.2, 0.25) is 0 Å². The maximum Gasteiger partial charge on any atom is 0.317 e. The SMILES string of the molecule is CCCNC(=O)N1CCCC2(CCCNC2)C1. The minimum atomic E-state index is 0.136. The minimum absolute atomic E-state index is 0.136. The van der Waals surface area contributed by atoms with E-state index in [-0.39, 0.29) is 6.03 Å². The van der Waals surface area contributed by atoms with Crippen molar-refractivity contribution in [1.82, 2.24) is 15.5 Å². The van der Waals surface area contributed by atoms with Crippen LogP contribution in [-0.4, -0.2) is 43.7 Å². The third-order valence-electron chi connectivity index (χ3n) is 4.04. The van der Waals surface area contributed by atoms with Gasteiger partial charge in [0.05, 0.1) is 0 Å². The van der Waals surface area contributed by atoms with Gasteiger partial charge in [-0.05, 0) is 38.6 Å². The third-order valence-corrected chi connectivity index (χ3v) is 4.04. The van der Waals surface area contributed by atoms with Crippen LogP contribution in [0.5, 0.6) is 0 Å². The summed E-state index contributed by atoms with van der Waals surface area (Å²) >= 11 is 0. The summed E-state index contributed by atoms with van der Waals surface area (Å²) in [7, 11) is 0. The van der Waals surface area contributed by atoms with E-state index in [1.807, 2.05) is 4.90 Å². The van der Waals surface area contributed by atoms with Crippen LogP contribution in [-0.2, 0) is 0 Å². The first-order chi connectivity index (χ1) is 8.26. The van der Waals surface area contributed by atoms with Gasteiger partial charge in [-0.25, -0.2) is 4.79 Å². The second-order valence-electron chi connectivity index (χ2n) is 5.54. The molecule has 1 spiro atoms. The van der Waals surface area contributed by atoms with Gasteiger partial charge in [-0.3, -0.25) is 0 Å². The molecule has 0 aromatic heterocycles. The van der Waals surface area contributed by atoms with E-state index in [0.29, 0.717) is 5.41 Å². The van der Waals surface area contributed by atoms with E-state index in [9.17, 15) is 4.79 Å². The zero-order valence-electron chi connectivity index (χ0n) is 10.9. The third kappa shape index (κ3) is 3.12. The lowest BCUT2D eigenvalue weighted by molar-refractivity contribution is 0.0814. The van der Waals surface area contributed by atoms with Gasteiger partial charge in [0.1, 0.15) is 0 Å². The predicted molar refractivity (Wildman–Crippen MR) is 69.0 cm³/mol. The largest absolute Gasteiger partial charge is 0.338 e. The van der Waals surface area contributed by atoms with Crippen LogP contribution in [0.3, 0.4) is 0 Å². The van der Waals surface area contributed by atoms with Crippen molar-refractivity contribution in [3.63, 3.8) is 0 Å². The van der Waals surface area contributed by atoms with E-state index < -0.39 is 0 Å². The molecular weight excluding hydrogens is 214 g/mol. The van der Waals surface area contributed by atoms with Crippen molar-refractivity contribution < 1.29 is 4.79 Å². The molecule has 0 aromatic carbocycles. The summed E-state index contributed by atoms with van der Waals surface area (Å²) in [5.41, 5.74) is 0.361. The van der Waals surface area contributed by atoms with Gasteiger partial charge in [-0.15, -0.1) is 0 Å². The normalized spacial score (nSPS) is 29.4. The van der Waals surface area contributed by atoms with Crippen LogP contribution in [0, 0.1) is 5.41 Å². The Labute approximate surface area is 104 Å². The first-order valence-corrected chi connectivity index (χ1v) is 6.99. The van der Waals surface area contributed by atoms with E-state index in [0.717, 1.165) is 45.6 Å². The number of rotatable bonds is 2. The number of urea groups is 1. The minimum Gasteiger partial charge on any atom is -0.338 e. The maximum atomic E-state index is 12.0. The summed E-state index contributed by atoms with van der Waals surface area (Å²) in [4.78, 5) is 14.0. The van der Waals surface area contributed by atoms with Crippen LogP contribution in [0.2, 0.25) is 0 Å². The zero-order valence-corrected chi connectivity index (χ0v) is 10.9. The van der Waals surface area contributed by atoms with Crippen LogP contribution in [0.25, 0.3) is 0 Å². The molecule has 17 heavy (non-hydrogen) atoms. The van der Waals surface area contributed by atoms with Gasteiger partial charge in [0.25, 0.3) is 0 Å². The fourth-order valence-electron chi connectivity index (χ4n) is 3.10. The Balaban J connectivity index is 1.89. The van der Waals surface area contributed by atoms with Crippen molar-refractivity contribution in [1.29, 1.82) is 0 Å². The first-order valence-electron chi connectivity index (χ1n) is 6.99. The highest BCUT2D eigenvalue weighted by Crippen LogP contribution is 2.35. The summed E-state index contributed by atoms with van der Waals surface area (Å²) in [5, 5.41) is 6.48. The Bertz CT molecular complexity index is 256. The Morgan fingerprint density at radius 1 is 1.41 bits per heavy atom. The summed E-state index contributed by atoms with van der Waals surface area (Å²) in [6.07, 6.45) is 5.97. The molecule has 2 fully saturated rings. The fourth-order valence-corrected chi connectivity index (χ4v) is 3.10. The molecule has 2 saturated heterocycles. The molecule has 2 amide bonds. The van der Waals surface area contributed by atoms with Gasteiger partial charge in [-0.1, -0.05) is 6.92 Å². The molecule has 2 rings (SSSR count). The average molecular weight is 239 g/mol. The van der Waals surface area contributed by atoms with Crippen LogP contribution >= 0.6 is 0 Å². The molecule has 4 nitrogen and oxygen atoms in total. The molecule has 2 N–H and O–H groups in total. The van der Waals surface area contributed by atoms with Crippen LogP contribution < -0.4 is 10.6 Å². The van der Waals surface area contributed by atoms with E-state index in [1.54, 1.807) is 0 Å². The zero-order chi connectivity index (χ0) is 12.1. The van der Waals surface area contributed by atoms with E-state index in [4.69, 9.17) is 0 Å². The number of likely N-dealkylation sites (tertiary alicyclic amines) is 1. The molecule has 4 heteroatoms. The highest BCUT2D eigenvalue weighted by molar-refractivity contribution is 5.74. The van der Waals surface area contributed by atoms with Gasteiger partial charge >= 0.3 is 6.03 Å². The lowest BCUT2D eigenvalue weighted by Crippen LogP contribution is -2.54. The van der Waals surface area contributed by atoms with Crippen molar-refractivity contribution in [3.8, 4) is 0 Å². The fraction of sp³-hybridized carbons (Fsp3) is 0.923. The summed E-state index contributed by atoms with van der Waals surface area (Å²) in [6.45, 7) is 6.98. The average Bonchev–Trinajstić information content (AvgIpc) is 2.37. The van der Waals surface area contributed by atoms with Gasteiger partial charge < -0.3 is 15.5 Å². The Hall–Kier alpha value is -0.770. The van der Waals surface area contributed by atoms with Crippen molar-refractivity contribution in [3.05, 3.63) is 0 Å². The molecule has 0 radical (unpaired) electrons. The van der Waals surface area contributed by atoms with Gasteiger partial charge in [0.15, 0.2) is 0 Å². The molecule has 2 heterocycles. The number of piperidine rings is 2. The molecule has 0 bridgehead atoms. The van der Waals surface area contributed by atoms with Crippen LogP contribution in [0.4, 0.5) is 4.79 Å². The molecule has 1 unspecified atom stereocenters. The second kappa shape index (κ2) is 5.71. The smallest absolute Gasteiger partial charge is 0.317 e. The highest BCUT2D eigenvalue weighted by Gasteiger charge is 2.37. The summed E-state index contributed by atoms with van der Waals surface area (Å²) in [6, 6.07) is 0.136. The lowest BCUT2D eigenvalue weighted by atomic mass is 9.74. The number of nitrogens with zero attached hydrogens (tertiary/aromatic N) is 1. The quantitative estimate of drug-likeness (QED) is 0.768. The molecule has 1 atom stereocenters. The number of hydrogen-bond donors (Lipinski definition) is 2. The van der Waals surface area contributed by atoms with E-state index in [1.165, 1.54) is 19.3 Å². The Kier molecular flexibility index (Phi) is 4.26. The van der Waals surface area contributed by atoms with Crippen molar-refractivity contribution in [2.75, 3.05) is 32.7 Å². The highest BCUT2D eigenvalue weighted by atomic mass is 16.2. The standard InChI is InChI=1S/C13H25N3O/c1-2-7-15-12(17)16-9-4-6-13(11-16)5-3-8-14-10-13/h14H,2-11H2,1H3,(H,15,17). The number of carbonyl (C=O) groups is 1. The number of carbonyl (C=O) groups excluding carboxylic acids is 1. The lowest BCUT2D eigenvalue weighted by Gasteiger charge is -2.45. The first kappa shape index (κ1) is 12.7. The molecule has 0 saturated carbocycles. The molecule has 2 aliphatic heterocycles.